The number of ether oxygens (including phenoxy) is 1. The van der Waals surface area contributed by atoms with Gasteiger partial charge in [-0.1, -0.05) is 18.2 Å². The average molecular weight is 405 g/mol. The third-order valence-corrected chi connectivity index (χ3v) is 5.62. The highest BCUT2D eigenvalue weighted by Gasteiger charge is 2.30. The van der Waals surface area contributed by atoms with Crippen LogP contribution in [0.2, 0.25) is 0 Å². The normalized spacial score (nSPS) is 16.9. The molecule has 1 aliphatic rings. The van der Waals surface area contributed by atoms with Crippen molar-refractivity contribution in [2.45, 2.75) is 25.6 Å². The summed E-state index contributed by atoms with van der Waals surface area (Å²) in [5.74, 6) is -1.73. The van der Waals surface area contributed by atoms with Crippen molar-refractivity contribution in [3.8, 4) is 0 Å². The molecule has 1 aromatic carbocycles. The number of nitrogens with one attached hydrogen (secondary N) is 2. The molecule has 0 radical (unpaired) electrons. The third kappa shape index (κ3) is 5.37. The molecular weight excluding hydrogens is 381 g/mol. The van der Waals surface area contributed by atoms with E-state index in [1.54, 1.807) is 23.5 Å². The zero-order chi connectivity index (χ0) is 19.9. The van der Waals surface area contributed by atoms with Crippen molar-refractivity contribution >= 4 is 23.2 Å². The number of amides is 2. The molecule has 2 N–H and O–H groups in total. The molecular formula is C20H24FN3O3S. The third-order valence-electron chi connectivity index (χ3n) is 4.68. The monoisotopic (exact) mass is 405 g/mol. The second-order valence-corrected chi connectivity index (χ2v) is 7.66. The highest BCUT2D eigenvalue weighted by molar-refractivity contribution is 7.10. The van der Waals surface area contributed by atoms with Gasteiger partial charge in [0, 0.05) is 30.6 Å². The Balaban J connectivity index is 1.58. The summed E-state index contributed by atoms with van der Waals surface area (Å²) in [6.45, 7) is 4.93. The van der Waals surface area contributed by atoms with Crippen LogP contribution in [0.3, 0.4) is 0 Å². The molecule has 0 saturated carbocycles. The van der Waals surface area contributed by atoms with E-state index in [9.17, 15) is 14.0 Å². The van der Waals surface area contributed by atoms with E-state index < -0.39 is 11.8 Å². The van der Waals surface area contributed by atoms with Crippen molar-refractivity contribution in [3.05, 3.63) is 58.0 Å². The Labute approximate surface area is 167 Å². The van der Waals surface area contributed by atoms with E-state index in [1.807, 2.05) is 24.4 Å². The van der Waals surface area contributed by atoms with Crippen molar-refractivity contribution < 1.29 is 18.7 Å². The van der Waals surface area contributed by atoms with Gasteiger partial charge < -0.3 is 15.4 Å². The van der Waals surface area contributed by atoms with E-state index in [0.717, 1.165) is 23.5 Å². The van der Waals surface area contributed by atoms with Crippen LogP contribution in [0.1, 0.15) is 23.4 Å². The van der Waals surface area contributed by atoms with E-state index >= 15 is 0 Å². The van der Waals surface area contributed by atoms with Gasteiger partial charge in [0.25, 0.3) is 0 Å². The van der Waals surface area contributed by atoms with Gasteiger partial charge in [-0.2, -0.15) is 0 Å². The molecule has 2 heterocycles. The Bertz CT molecular complexity index is 777. The fourth-order valence-electron chi connectivity index (χ4n) is 3.27. The summed E-state index contributed by atoms with van der Waals surface area (Å²) in [6.07, 6.45) is 0. The Morgan fingerprint density at radius 1 is 1.18 bits per heavy atom. The molecule has 150 valence electrons. The predicted molar refractivity (Wildman–Crippen MR) is 105 cm³/mol. The molecule has 1 aliphatic heterocycles. The Kier molecular flexibility index (Phi) is 7.13. The fraction of sp³-hybridized carbons (Fsp3) is 0.400. The number of thiophene rings is 1. The van der Waals surface area contributed by atoms with E-state index in [-0.39, 0.29) is 24.4 Å². The molecule has 0 aliphatic carbocycles. The van der Waals surface area contributed by atoms with Crippen molar-refractivity contribution in [1.29, 1.82) is 0 Å². The molecule has 0 spiro atoms. The molecule has 8 heteroatoms. The lowest BCUT2D eigenvalue weighted by molar-refractivity contribution is -0.140. The highest BCUT2D eigenvalue weighted by Crippen LogP contribution is 2.29. The number of rotatable bonds is 6. The van der Waals surface area contributed by atoms with Crippen molar-refractivity contribution in [2.75, 3.05) is 26.3 Å². The number of morpholine rings is 1. The number of hydrogen-bond acceptors (Lipinski definition) is 5. The van der Waals surface area contributed by atoms with Gasteiger partial charge in [-0.15, -0.1) is 11.3 Å². The molecule has 2 aromatic rings. The summed E-state index contributed by atoms with van der Waals surface area (Å²) in [6, 6.07) is 9.54. The van der Waals surface area contributed by atoms with Gasteiger partial charge in [0.2, 0.25) is 0 Å². The van der Waals surface area contributed by atoms with Gasteiger partial charge in [-0.25, -0.2) is 4.39 Å². The van der Waals surface area contributed by atoms with Crippen LogP contribution in [0.4, 0.5) is 4.39 Å². The molecule has 3 rings (SSSR count). The Morgan fingerprint density at radius 2 is 1.89 bits per heavy atom. The van der Waals surface area contributed by atoms with Crippen LogP contribution in [0.15, 0.2) is 41.8 Å². The standard InChI is InChI=1S/C20H24FN3O3S/c1-14(18(17-3-2-12-28-17)24-8-10-27-11-9-24)23-20(26)19(25)22-13-15-4-6-16(21)7-5-15/h2-7,12,14,18H,8-11,13H2,1H3,(H,22,25)(H,23,26)/t14-,18-/m1/s1. The first kappa shape index (κ1) is 20.4. The molecule has 2 atom stereocenters. The van der Waals surface area contributed by atoms with Crippen molar-refractivity contribution in [2.24, 2.45) is 0 Å². The molecule has 28 heavy (non-hydrogen) atoms. The lowest BCUT2D eigenvalue weighted by Crippen LogP contribution is -2.51. The first-order chi connectivity index (χ1) is 13.5. The molecule has 0 unspecified atom stereocenters. The minimum atomic E-state index is -0.705. The Hall–Kier alpha value is -2.29. The van der Waals surface area contributed by atoms with Crippen LogP contribution in [0.5, 0.6) is 0 Å². The number of carbonyl (C=O) groups is 2. The van der Waals surface area contributed by atoms with Crippen LogP contribution in [-0.2, 0) is 20.9 Å². The summed E-state index contributed by atoms with van der Waals surface area (Å²) in [5, 5.41) is 7.40. The maximum atomic E-state index is 12.9. The van der Waals surface area contributed by atoms with Gasteiger partial charge in [0.05, 0.1) is 19.3 Å². The molecule has 1 fully saturated rings. The first-order valence-electron chi connectivity index (χ1n) is 9.23. The van der Waals surface area contributed by atoms with Crippen LogP contribution < -0.4 is 10.6 Å². The summed E-state index contributed by atoms with van der Waals surface area (Å²) in [5.41, 5.74) is 0.723. The van der Waals surface area contributed by atoms with Gasteiger partial charge >= 0.3 is 11.8 Å². The second kappa shape index (κ2) is 9.77. The number of benzene rings is 1. The molecule has 2 amide bonds. The molecule has 1 saturated heterocycles. The SMILES string of the molecule is C[C@@H](NC(=O)C(=O)NCc1ccc(F)cc1)[C@H](c1cccs1)N1CCOCC1. The molecule has 6 nitrogen and oxygen atoms in total. The van der Waals surface area contributed by atoms with E-state index in [0.29, 0.717) is 13.2 Å². The summed E-state index contributed by atoms with van der Waals surface area (Å²) in [7, 11) is 0. The summed E-state index contributed by atoms with van der Waals surface area (Å²) >= 11 is 1.63. The number of carbonyl (C=O) groups excluding carboxylic acids is 2. The topological polar surface area (TPSA) is 70.7 Å². The predicted octanol–water partition coefficient (Wildman–Crippen LogP) is 2.08. The lowest BCUT2D eigenvalue weighted by Gasteiger charge is -2.37. The number of nitrogens with zero attached hydrogens (tertiary/aromatic N) is 1. The fourth-order valence-corrected chi connectivity index (χ4v) is 4.24. The lowest BCUT2D eigenvalue weighted by atomic mass is 10.1. The summed E-state index contributed by atoms with van der Waals surface area (Å²) in [4.78, 5) is 28.0. The van der Waals surface area contributed by atoms with Crippen molar-refractivity contribution in [1.82, 2.24) is 15.5 Å². The average Bonchev–Trinajstić information content (AvgIpc) is 3.22. The zero-order valence-electron chi connectivity index (χ0n) is 15.7. The van der Waals surface area contributed by atoms with Gasteiger partial charge in [0.15, 0.2) is 0 Å². The second-order valence-electron chi connectivity index (χ2n) is 6.68. The minimum Gasteiger partial charge on any atom is -0.379 e. The quantitative estimate of drug-likeness (QED) is 0.722. The van der Waals surface area contributed by atoms with Crippen LogP contribution in [0, 0.1) is 5.82 Å². The Morgan fingerprint density at radius 3 is 2.54 bits per heavy atom. The van der Waals surface area contributed by atoms with E-state index in [1.165, 1.54) is 12.1 Å². The maximum absolute atomic E-state index is 12.9. The van der Waals surface area contributed by atoms with Gasteiger partial charge in [-0.05, 0) is 36.1 Å². The molecule has 0 bridgehead atoms. The van der Waals surface area contributed by atoms with Gasteiger partial charge in [-0.3, -0.25) is 14.5 Å². The highest BCUT2D eigenvalue weighted by atomic mass is 32.1. The van der Waals surface area contributed by atoms with E-state index in [4.69, 9.17) is 4.74 Å². The van der Waals surface area contributed by atoms with Crippen LogP contribution >= 0.6 is 11.3 Å². The van der Waals surface area contributed by atoms with Crippen LogP contribution in [0.25, 0.3) is 0 Å². The summed E-state index contributed by atoms with van der Waals surface area (Å²) < 4.78 is 18.4. The van der Waals surface area contributed by atoms with Gasteiger partial charge in [0.1, 0.15) is 5.82 Å². The van der Waals surface area contributed by atoms with Crippen LogP contribution in [-0.4, -0.2) is 49.1 Å². The maximum Gasteiger partial charge on any atom is 0.309 e. The first-order valence-corrected chi connectivity index (χ1v) is 10.1. The smallest absolute Gasteiger partial charge is 0.309 e. The van der Waals surface area contributed by atoms with E-state index in [2.05, 4.69) is 15.5 Å². The zero-order valence-corrected chi connectivity index (χ0v) is 16.5. The largest absolute Gasteiger partial charge is 0.379 e. The number of halogens is 1. The van der Waals surface area contributed by atoms with Crippen molar-refractivity contribution in [3.63, 3.8) is 0 Å². The minimum absolute atomic E-state index is 0.0160. The molecule has 1 aromatic heterocycles. The number of hydrogen-bond donors (Lipinski definition) is 2.